The molecular formula is C17H20N4O2. The second-order valence-electron chi connectivity index (χ2n) is 5.74. The lowest BCUT2D eigenvalue weighted by Gasteiger charge is -2.18. The van der Waals surface area contributed by atoms with Gasteiger partial charge in [0, 0.05) is 36.1 Å². The molecule has 0 spiro atoms. The largest absolute Gasteiger partial charge is 0.357 e. The van der Waals surface area contributed by atoms with Crippen molar-refractivity contribution in [2.24, 2.45) is 0 Å². The van der Waals surface area contributed by atoms with Crippen LogP contribution in [0.2, 0.25) is 0 Å². The van der Waals surface area contributed by atoms with Crippen molar-refractivity contribution in [1.82, 2.24) is 20.0 Å². The fourth-order valence-electron chi connectivity index (χ4n) is 2.63. The van der Waals surface area contributed by atoms with Crippen molar-refractivity contribution in [3.63, 3.8) is 0 Å². The predicted molar refractivity (Wildman–Crippen MR) is 88.1 cm³/mol. The number of nitrogens with zero attached hydrogens (tertiary/aromatic N) is 3. The molecule has 0 fully saturated rings. The quantitative estimate of drug-likeness (QED) is 0.783. The first-order valence-corrected chi connectivity index (χ1v) is 7.69. The number of pyridine rings is 1. The third-order valence-electron chi connectivity index (χ3n) is 3.82. The van der Waals surface area contributed by atoms with Crippen LogP contribution in [0.5, 0.6) is 0 Å². The van der Waals surface area contributed by atoms with Crippen molar-refractivity contribution in [3.8, 4) is 0 Å². The van der Waals surface area contributed by atoms with Crippen LogP contribution in [0.15, 0.2) is 33.6 Å². The van der Waals surface area contributed by atoms with Crippen LogP contribution in [0.1, 0.15) is 29.9 Å². The molecule has 0 radical (unpaired) electrons. The molecule has 6 nitrogen and oxygen atoms in total. The summed E-state index contributed by atoms with van der Waals surface area (Å²) in [5.74, 6) is 1.22. The van der Waals surface area contributed by atoms with E-state index in [-0.39, 0.29) is 5.43 Å². The van der Waals surface area contributed by atoms with Crippen LogP contribution < -0.4 is 5.43 Å². The fraction of sp³-hybridized carbons (Fsp3) is 0.353. The summed E-state index contributed by atoms with van der Waals surface area (Å²) in [6.07, 6.45) is 0. The third kappa shape index (κ3) is 3.48. The van der Waals surface area contributed by atoms with Gasteiger partial charge in [-0.1, -0.05) is 23.7 Å². The summed E-state index contributed by atoms with van der Waals surface area (Å²) in [6, 6.07) is 7.54. The molecule has 1 N–H and O–H groups in total. The van der Waals surface area contributed by atoms with Gasteiger partial charge >= 0.3 is 0 Å². The molecule has 0 bridgehead atoms. The maximum Gasteiger partial charge on any atom is 0.223 e. The molecule has 2 aromatic heterocycles. The molecule has 0 aliphatic heterocycles. The van der Waals surface area contributed by atoms with Crippen molar-refractivity contribution in [1.29, 1.82) is 0 Å². The van der Waals surface area contributed by atoms with E-state index in [9.17, 15) is 4.79 Å². The van der Waals surface area contributed by atoms with Gasteiger partial charge in [0.15, 0.2) is 11.3 Å². The molecule has 0 saturated carbocycles. The molecule has 0 aliphatic carbocycles. The average Bonchev–Trinajstić information content (AvgIpc) is 2.92. The van der Waals surface area contributed by atoms with Gasteiger partial charge in [-0.15, -0.1) is 0 Å². The summed E-state index contributed by atoms with van der Waals surface area (Å²) in [5.41, 5.74) is 2.88. The first-order chi connectivity index (χ1) is 11.0. The van der Waals surface area contributed by atoms with Crippen LogP contribution in [0.25, 0.3) is 10.9 Å². The SMILES string of the molecule is CCN(Cc1noc(C)n1)Cc1cc(=O)c2cc(C)ccc2[nH]1. The Labute approximate surface area is 134 Å². The Morgan fingerprint density at radius 1 is 1.22 bits per heavy atom. The number of fused-ring (bicyclic) bond motifs is 1. The van der Waals surface area contributed by atoms with E-state index in [1.54, 1.807) is 13.0 Å². The molecule has 0 unspecified atom stereocenters. The number of rotatable bonds is 5. The Morgan fingerprint density at radius 2 is 2.04 bits per heavy atom. The van der Waals surface area contributed by atoms with Crippen LogP contribution in [0.3, 0.4) is 0 Å². The summed E-state index contributed by atoms with van der Waals surface area (Å²) in [7, 11) is 0. The molecule has 6 heteroatoms. The minimum absolute atomic E-state index is 0.0453. The molecule has 3 rings (SSSR count). The van der Waals surface area contributed by atoms with E-state index >= 15 is 0 Å². The molecule has 3 aromatic rings. The number of aromatic amines is 1. The van der Waals surface area contributed by atoms with Gasteiger partial charge in [-0.25, -0.2) is 0 Å². The second-order valence-corrected chi connectivity index (χ2v) is 5.74. The number of aryl methyl sites for hydroxylation is 2. The highest BCUT2D eigenvalue weighted by Crippen LogP contribution is 2.12. The average molecular weight is 312 g/mol. The van der Waals surface area contributed by atoms with Crippen molar-refractivity contribution >= 4 is 10.9 Å². The maximum absolute atomic E-state index is 12.3. The number of hydrogen-bond donors (Lipinski definition) is 1. The van der Waals surface area contributed by atoms with Gasteiger partial charge in [-0.2, -0.15) is 4.98 Å². The van der Waals surface area contributed by atoms with Crippen molar-refractivity contribution in [2.75, 3.05) is 6.54 Å². The highest BCUT2D eigenvalue weighted by atomic mass is 16.5. The van der Waals surface area contributed by atoms with Crippen LogP contribution in [0.4, 0.5) is 0 Å². The lowest BCUT2D eigenvalue weighted by Crippen LogP contribution is -2.24. The Kier molecular flexibility index (Phi) is 4.25. The highest BCUT2D eigenvalue weighted by Gasteiger charge is 2.11. The molecular weight excluding hydrogens is 292 g/mol. The third-order valence-corrected chi connectivity index (χ3v) is 3.82. The van der Waals surface area contributed by atoms with Gasteiger partial charge in [0.2, 0.25) is 5.89 Å². The van der Waals surface area contributed by atoms with Crippen LogP contribution in [0, 0.1) is 13.8 Å². The first kappa shape index (κ1) is 15.4. The topological polar surface area (TPSA) is 75.0 Å². The normalized spacial score (nSPS) is 11.5. The zero-order valence-electron chi connectivity index (χ0n) is 13.6. The lowest BCUT2D eigenvalue weighted by atomic mass is 10.1. The molecule has 0 saturated heterocycles. The highest BCUT2D eigenvalue weighted by molar-refractivity contribution is 5.79. The van der Waals surface area contributed by atoms with Crippen LogP contribution in [-0.4, -0.2) is 26.6 Å². The smallest absolute Gasteiger partial charge is 0.223 e. The molecule has 0 amide bonds. The standard InChI is InChI=1S/C17H20N4O2/c1-4-21(10-17-18-12(3)23-20-17)9-13-8-16(22)14-7-11(2)5-6-15(14)19-13/h5-8H,4,9-10H2,1-3H3,(H,19,22). The predicted octanol–water partition coefficient (Wildman–Crippen LogP) is 2.55. The first-order valence-electron chi connectivity index (χ1n) is 7.69. The number of benzene rings is 1. The fourth-order valence-corrected chi connectivity index (χ4v) is 2.63. The van der Waals surface area contributed by atoms with Crippen LogP contribution >= 0.6 is 0 Å². The minimum atomic E-state index is 0.0453. The summed E-state index contributed by atoms with van der Waals surface area (Å²) in [5, 5.41) is 4.65. The van der Waals surface area contributed by atoms with E-state index < -0.39 is 0 Å². The number of aromatic nitrogens is 3. The molecule has 2 heterocycles. The van der Waals surface area contributed by atoms with E-state index in [1.165, 1.54) is 0 Å². The minimum Gasteiger partial charge on any atom is -0.357 e. The van der Waals surface area contributed by atoms with Crippen molar-refractivity contribution in [2.45, 2.75) is 33.9 Å². The van der Waals surface area contributed by atoms with Crippen LogP contribution in [-0.2, 0) is 13.1 Å². The number of nitrogens with one attached hydrogen (secondary N) is 1. The van der Waals surface area contributed by atoms with Gasteiger partial charge in [0.1, 0.15) is 0 Å². The van der Waals surface area contributed by atoms with E-state index in [2.05, 4.69) is 26.9 Å². The van der Waals surface area contributed by atoms with E-state index in [0.29, 0.717) is 24.8 Å². The zero-order valence-corrected chi connectivity index (χ0v) is 13.6. The lowest BCUT2D eigenvalue weighted by molar-refractivity contribution is 0.256. The summed E-state index contributed by atoms with van der Waals surface area (Å²) < 4.78 is 5.00. The van der Waals surface area contributed by atoms with Crippen molar-refractivity contribution in [3.05, 3.63) is 57.5 Å². The maximum atomic E-state index is 12.3. The molecule has 1 aromatic carbocycles. The second kappa shape index (κ2) is 6.34. The number of H-pyrrole nitrogens is 1. The van der Waals surface area contributed by atoms with E-state index in [1.807, 2.05) is 25.1 Å². The van der Waals surface area contributed by atoms with Gasteiger partial charge in [0.25, 0.3) is 0 Å². The van der Waals surface area contributed by atoms with Gasteiger partial charge in [0.05, 0.1) is 6.54 Å². The van der Waals surface area contributed by atoms with Gasteiger partial charge in [-0.05, 0) is 25.6 Å². The summed E-state index contributed by atoms with van der Waals surface area (Å²) >= 11 is 0. The van der Waals surface area contributed by atoms with Crippen molar-refractivity contribution < 1.29 is 4.52 Å². The Bertz CT molecular complexity index is 882. The Morgan fingerprint density at radius 3 is 2.74 bits per heavy atom. The van der Waals surface area contributed by atoms with E-state index in [0.717, 1.165) is 28.7 Å². The van der Waals surface area contributed by atoms with Gasteiger partial charge < -0.3 is 9.51 Å². The molecule has 120 valence electrons. The monoisotopic (exact) mass is 312 g/mol. The summed E-state index contributed by atoms with van der Waals surface area (Å²) in [6.45, 7) is 7.86. The molecule has 0 atom stereocenters. The summed E-state index contributed by atoms with van der Waals surface area (Å²) in [4.78, 5) is 22.0. The number of hydrogen-bond acceptors (Lipinski definition) is 5. The molecule has 0 aliphatic rings. The zero-order chi connectivity index (χ0) is 16.4. The van der Waals surface area contributed by atoms with E-state index in [4.69, 9.17) is 4.52 Å². The Balaban J connectivity index is 1.84. The van der Waals surface area contributed by atoms with Gasteiger partial charge in [-0.3, -0.25) is 9.69 Å². The Hall–Kier alpha value is -2.47. The molecule has 23 heavy (non-hydrogen) atoms.